The molecule has 0 amide bonds. The van der Waals surface area contributed by atoms with Crippen LogP contribution < -0.4 is 0 Å². The van der Waals surface area contributed by atoms with Gasteiger partial charge in [-0.2, -0.15) is 0 Å². The number of hydrogen-bond donors (Lipinski definition) is 2. The molecule has 2 N–H and O–H groups in total. The molecule has 0 aromatic rings. The number of carboxylic acids is 2. The standard InChI is InChI=1S/C10H8F4O4/c1-9(13)3(7(15)16)5(11)6(12)4(8(17)18)10(9,2)14/h1-2H3,(H,15,16)(H,17,18). The Morgan fingerprint density at radius 3 is 1.28 bits per heavy atom. The molecular weight excluding hydrogens is 260 g/mol. The molecule has 0 bridgehead atoms. The normalized spacial score (nSPS) is 32.8. The van der Waals surface area contributed by atoms with Crippen LogP contribution in [0.4, 0.5) is 17.6 Å². The van der Waals surface area contributed by atoms with E-state index in [9.17, 15) is 27.2 Å². The van der Waals surface area contributed by atoms with Crippen LogP contribution in [0.25, 0.3) is 0 Å². The lowest BCUT2D eigenvalue weighted by atomic mass is 9.73. The van der Waals surface area contributed by atoms with Gasteiger partial charge < -0.3 is 10.2 Å². The third-order valence-electron chi connectivity index (χ3n) is 2.88. The molecule has 0 saturated carbocycles. The Kier molecular flexibility index (Phi) is 3.02. The van der Waals surface area contributed by atoms with Crippen LogP contribution in [0, 0.1) is 0 Å². The molecule has 0 aromatic heterocycles. The van der Waals surface area contributed by atoms with Crippen molar-refractivity contribution in [2.24, 2.45) is 0 Å². The van der Waals surface area contributed by atoms with Crippen LogP contribution in [0.1, 0.15) is 13.8 Å². The van der Waals surface area contributed by atoms with Crippen LogP contribution in [-0.4, -0.2) is 33.5 Å². The average Bonchev–Trinajstić information content (AvgIpc) is 2.13. The Morgan fingerprint density at radius 1 is 0.889 bits per heavy atom. The van der Waals surface area contributed by atoms with Gasteiger partial charge in [0, 0.05) is 0 Å². The lowest BCUT2D eigenvalue weighted by molar-refractivity contribution is -0.140. The Morgan fingerprint density at radius 2 is 1.11 bits per heavy atom. The maximum atomic E-state index is 14.1. The second-order valence-electron chi connectivity index (χ2n) is 3.99. The van der Waals surface area contributed by atoms with Gasteiger partial charge in [0.2, 0.25) is 0 Å². The molecule has 0 aromatic carbocycles. The van der Waals surface area contributed by atoms with Gasteiger partial charge in [-0.1, -0.05) is 0 Å². The number of rotatable bonds is 2. The smallest absolute Gasteiger partial charge is 0.338 e. The van der Waals surface area contributed by atoms with Gasteiger partial charge in [-0.3, -0.25) is 0 Å². The minimum absolute atomic E-state index is 0.339. The summed E-state index contributed by atoms with van der Waals surface area (Å²) in [7, 11) is 0. The van der Waals surface area contributed by atoms with E-state index in [1.807, 2.05) is 0 Å². The van der Waals surface area contributed by atoms with Crippen molar-refractivity contribution in [1.29, 1.82) is 0 Å². The molecule has 8 heteroatoms. The number of aliphatic carboxylic acids is 2. The number of halogens is 4. The summed E-state index contributed by atoms with van der Waals surface area (Å²) in [4.78, 5) is 21.3. The van der Waals surface area contributed by atoms with E-state index < -0.39 is 46.1 Å². The quantitative estimate of drug-likeness (QED) is 0.752. The summed E-state index contributed by atoms with van der Waals surface area (Å²) in [5, 5.41) is 17.2. The van der Waals surface area contributed by atoms with Gasteiger partial charge in [0.05, 0.1) is 0 Å². The molecule has 0 aliphatic heterocycles. The lowest BCUT2D eigenvalue weighted by Gasteiger charge is -2.37. The molecule has 0 fully saturated rings. The van der Waals surface area contributed by atoms with Crippen LogP contribution in [-0.2, 0) is 9.59 Å². The van der Waals surface area contributed by atoms with Crippen LogP contribution >= 0.6 is 0 Å². The second kappa shape index (κ2) is 3.82. The van der Waals surface area contributed by atoms with E-state index in [0.717, 1.165) is 0 Å². The van der Waals surface area contributed by atoms with Crippen molar-refractivity contribution >= 4 is 11.9 Å². The maximum absolute atomic E-state index is 14.1. The largest absolute Gasteiger partial charge is 0.478 e. The van der Waals surface area contributed by atoms with Crippen molar-refractivity contribution < 1.29 is 37.4 Å². The predicted octanol–water partition coefficient (Wildman–Crippen LogP) is 2.07. The van der Waals surface area contributed by atoms with Gasteiger partial charge in [0.25, 0.3) is 0 Å². The molecule has 2 atom stereocenters. The van der Waals surface area contributed by atoms with Crippen molar-refractivity contribution in [1.82, 2.24) is 0 Å². The van der Waals surface area contributed by atoms with E-state index in [2.05, 4.69) is 0 Å². The van der Waals surface area contributed by atoms with E-state index >= 15 is 0 Å². The first-order valence-corrected chi connectivity index (χ1v) is 4.61. The van der Waals surface area contributed by atoms with Gasteiger partial charge >= 0.3 is 11.9 Å². The van der Waals surface area contributed by atoms with Crippen molar-refractivity contribution in [2.45, 2.75) is 25.2 Å². The third kappa shape index (κ3) is 1.59. The fourth-order valence-corrected chi connectivity index (χ4v) is 1.69. The van der Waals surface area contributed by atoms with Crippen LogP contribution in [0.15, 0.2) is 22.8 Å². The fourth-order valence-electron chi connectivity index (χ4n) is 1.69. The molecule has 0 spiro atoms. The first-order chi connectivity index (χ1) is 7.96. The first-order valence-electron chi connectivity index (χ1n) is 4.61. The molecule has 18 heavy (non-hydrogen) atoms. The monoisotopic (exact) mass is 268 g/mol. The fraction of sp³-hybridized carbons (Fsp3) is 0.400. The lowest BCUT2D eigenvalue weighted by Crippen LogP contribution is -2.52. The van der Waals surface area contributed by atoms with Crippen LogP contribution in [0.3, 0.4) is 0 Å². The molecule has 1 rings (SSSR count). The molecule has 1 aliphatic carbocycles. The van der Waals surface area contributed by atoms with E-state index in [1.54, 1.807) is 0 Å². The Balaban J connectivity index is 3.77. The average molecular weight is 268 g/mol. The zero-order valence-corrected chi connectivity index (χ0v) is 9.22. The number of carboxylic acid groups (broad SMARTS) is 2. The summed E-state index contributed by atoms with van der Waals surface area (Å²) in [5.41, 5.74) is -10.6. The third-order valence-corrected chi connectivity index (χ3v) is 2.88. The van der Waals surface area contributed by atoms with Gasteiger partial charge in [0.1, 0.15) is 11.1 Å². The number of alkyl halides is 2. The molecule has 4 nitrogen and oxygen atoms in total. The maximum Gasteiger partial charge on any atom is 0.338 e. The minimum Gasteiger partial charge on any atom is -0.478 e. The highest BCUT2D eigenvalue weighted by atomic mass is 19.2. The molecule has 0 saturated heterocycles. The molecular formula is C10H8F4O4. The molecule has 100 valence electrons. The van der Waals surface area contributed by atoms with Crippen molar-refractivity contribution in [3.63, 3.8) is 0 Å². The predicted molar refractivity (Wildman–Crippen MR) is 50.6 cm³/mol. The van der Waals surface area contributed by atoms with Gasteiger partial charge in [-0.05, 0) is 13.8 Å². The van der Waals surface area contributed by atoms with Crippen molar-refractivity contribution in [3.05, 3.63) is 22.8 Å². The summed E-state index contributed by atoms with van der Waals surface area (Å²) in [6.45, 7) is 0.677. The van der Waals surface area contributed by atoms with E-state index in [0.29, 0.717) is 13.8 Å². The van der Waals surface area contributed by atoms with Gasteiger partial charge in [-0.15, -0.1) is 0 Å². The highest BCUT2D eigenvalue weighted by Crippen LogP contribution is 2.49. The highest BCUT2D eigenvalue weighted by molar-refractivity contribution is 5.97. The summed E-state index contributed by atoms with van der Waals surface area (Å²) in [6.07, 6.45) is 0. The van der Waals surface area contributed by atoms with Gasteiger partial charge in [-0.25, -0.2) is 27.2 Å². The number of allylic oxidation sites excluding steroid dienone is 2. The number of carbonyl (C=O) groups is 2. The molecule has 1 aliphatic rings. The Hall–Kier alpha value is -1.86. The number of hydrogen-bond acceptors (Lipinski definition) is 2. The van der Waals surface area contributed by atoms with E-state index in [4.69, 9.17) is 10.2 Å². The highest BCUT2D eigenvalue weighted by Gasteiger charge is 2.61. The molecule has 0 heterocycles. The van der Waals surface area contributed by atoms with E-state index in [-0.39, 0.29) is 0 Å². The molecule has 0 radical (unpaired) electrons. The second-order valence-corrected chi connectivity index (χ2v) is 3.99. The van der Waals surface area contributed by atoms with Crippen molar-refractivity contribution in [3.8, 4) is 0 Å². The summed E-state index contributed by atoms with van der Waals surface area (Å²) in [5.74, 6) is -8.86. The van der Waals surface area contributed by atoms with Crippen molar-refractivity contribution in [2.75, 3.05) is 0 Å². The summed E-state index contributed by atoms with van der Waals surface area (Å²) in [6, 6.07) is 0. The first kappa shape index (κ1) is 14.2. The zero-order chi connectivity index (χ0) is 14.5. The SMILES string of the molecule is CC1(F)C(C(=O)O)=C(F)C(F)=C(C(=O)O)C1(C)F. The summed E-state index contributed by atoms with van der Waals surface area (Å²) >= 11 is 0. The summed E-state index contributed by atoms with van der Waals surface area (Å²) < 4.78 is 54.8. The van der Waals surface area contributed by atoms with Crippen LogP contribution in [0.2, 0.25) is 0 Å². The van der Waals surface area contributed by atoms with E-state index in [1.165, 1.54) is 0 Å². The Bertz CT molecular complexity index is 456. The molecule has 2 unspecified atom stereocenters. The topological polar surface area (TPSA) is 74.6 Å². The Labute approximate surface area is 98.2 Å². The zero-order valence-electron chi connectivity index (χ0n) is 9.22. The van der Waals surface area contributed by atoms with Gasteiger partial charge in [0.15, 0.2) is 23.0 Å². The van der Waals surface area contributed by atoms with Crippen LogP contribution in [0.5, 0.6) is 0 Å². The minimum atomic E-state index is -3.52.